The normalized spacial score (nSPS) is 10.2. The molecular weight excluding hydrogens is 292 g/mol. The first-order valence-electron chi connectivity index (χ1n) is 5.98. The second-order valence-electron chi connectivity index (χ2n) is 4.40. The van der Waals surface area contributed by atoms with Crippen LogP contribution in [0.5, 0.6) is 11.5 Å². The van der Waals surface area contributed by atoms with Crippen molar-refractivity contribution in [3.63, 3.8) is 0 Å². The van der Waals surface area contributed by atoms with E-state index in [1.54, 1.807) is 0 Å². The van der Waals surface area contributed by atoms with Crippen molar-refractivity contribution in [1.29, 1.82) is 0 Å². The van der Waals surface area contributed by atoms with Crippen LogP contribution in [0.2, 0.25) is 0 Å². The third kappa shape index (κ3) is 2.73. The van der Waals surface area contributed by atoms with Crippen LogP contribution in [-0.2, 0) is 0 Å². The number of carboxylic acids is 2. The lowest BCUT2D eigenvalue weighted by Crippen LogP contribution is -2.07. The summed E-state index contributed by atoms with van der Waals surface area (Å²) in [6.07, 6.45) is 0. The predicted molar refractivity (Wildman–Crippen MR) is 73.6 cm³/mol. The largest absolute Gasteiger partial charge is 0.507 e. The van der Waals surface area contributed by atoms with E-state index in [1.807, 2.05) is 0 Å². The van der Waals surface area contributed by atoms with E-state index < -0.39 is 29.2 Å². The zero-order valence-electron chi connectivity index (χ0n) is 11.0. The van der Waals surface area contributed by atoms with Crippen LogP contribution in [0.15, 0.2) is 36.4 Å². The molecule has 7 heteroatoms. The molecule has 0 unspecified atom stereocenters. The Kier molecular flexibility index (Phi) is 3.81. The van der Waals surface area contributed by atoms with Crippen LogP contribution < -0.4 is 0 Å². The molecule has 0 aliphatic carbocycles. The van der Waals surface area contributed by atoms with Crippen LogP contribution >= 0.6 is 0 Å². The topological polar surface area (TPSA) is 132 Å². The Morgan fingerprint density at radius 3 is 1.36 bits per heavy atom. The molecule has 0 aliphatic heterocycles. The van der Waals surface area contributed by atoms with Gasteiger partial charge in [-0.3, -0.25) is 4.79 Å². The standard InChI is InChI=1S/C15H10O7/c16-11-3-1-7(14(19)20)5-9(11)13(18)10-6-8(15(21)22)2-4-12(10)17/h1-6,16-17H,(H,19,20)(H,21,22). The summed E-state index contributed by atoms with van der Waals surface area (Å²) in [7, 11) is 0. The third-order valence-electron chi connectivity index (χ3n) is 2.98. The molecule has 0 bridgehead atoms. The SMILES string of the molecule is O=C(O)c1ccc(O)c(C(=O)c2cc(C(=O)O)ccc2O)c1. The highest BCUT2D eigenvalue weighted by atomic mass is 16.4. The Labute approximate surface area is 123 Å². The maximum atomic E-state index is 12.3. The fourth-order valence-electron chi connectivity index (χ4n) is 1.85. The molecule has 0 amide bonds. The van der Waals surface area contributed by atoms with Gasteiger partial charge in [0.2, 0.25) is 5.78 Å². The number of phenolic OH excluding ortho intramolecular Hbond substituents is 2. The number of aromatic carboxylic acids is 2. The van der Waals surface area contributed by atoms with Gasteiger partial charge < -0.3 is 20.4 Å². The summed E-state index contributed by atoms with van der Waals surface area (Å²) in [5, 5.41) is 37.2. The van der Waals surface area contributed by atoms with Crippen molar-refractivity contribution < 1.29 is 34.8 Å². The van der Waals surface area contributed by atoms with Gasteiger partial charge in [-0.05, 0) is 36.4 Å². The molecule has 2 aromatic rings. The summed E-state index contributed by atoms with van der Waals surface area (Å²) in [6.45, 7) is 0. The molecule has 2 rings (SSSR count). The van der Waals surface area contributed by atoms with Gasteiger partial charge in [0, 0.05) is 0 Å². The van der Waals surface area contributed by atoms with Crippen molar-refractivity contribution in [3.05, 3.63) is 58.7 Å². The molecule has 0 saturated heterocycles. The number of phenols is 2. The lowest BCUT2D eigenvalue weighted by molar-refractivity contribution is 0.0686. The average molecular weight is 302 g/mol. The third-order valence-corrected chi connectivity index (χ3v) is 2.98. The monoisotopic (exact) mass is 302 g/mol. The number of rotatable bonds is 4. The Morgan fingerprint density at radius 2 is 1.05 bits per heavy atom. The predicted octanol–water partition coefficient (Wildman–Crippen LogP) is 1.73. The maximum Gasteiger partial charge on any atom is 0.335 e. The zero-order chi connectivity index (χ0) is 16.4. The van der Waals surface area contributed by atoms with Gasteiger partial charge in [-0.2, -0.15) is 0 Å². The van der Waals surface area contributed by atoms with E-state index in [1.165, 1.54) is 0 Å². The lowest BCUT2D eigenvalue weighted by Gasteiger charge is -2.08. The molecule has 0 aliphatic rings. The Morgan fingerprint density at radius 1 is 0.682 bits per heavy atom. The van der Waals surface area contributed by atoms with Gasteiger partial charge in [0.15, 0.2) is 0 Å². The van der Waals surface area contributed by atoms with Crippen molar-refractivity contribution in [2.24, 2.45) is 0 Å². The van der Waals surface area contributed by atoms with E-state index in [-0.39, 0.29) is 22.3 Å². The number of carbonyl (C=O) groups is 3. The number of hydrogen-bond acceptors (Lipinski definition) is 5. The van der Waals surface area contributed by atoms with Crippen molar-refractivity contribution >= 4 is 17.7 Å². The quantitative estimate of drug-likeness (QED) is 0.632. The minimum Gasteiger partial charge on any atom is -0.507 e. The highest BCUT2D eigenvalue weighted by Crippen LogP contribution is 2.27. The first-order chi connectivity index (χ1) is 10.3. The summed E-state index contributed by atoms with van der Waals surface area (Å²) >= 11 is 0. The number of hydrogen-bond donors (Lipinski definition) is 4. The molecule has 0 spiro atoms. The molecule has 0 atom stereocenters. The second kappa shape index (κ2) is 5.57. The molecule has 112 valence electrons. The van der Waals surface area contributed by atoms with Crippen LogP contribution in [0.25, 0.3) is 0 Å². The van der Waals surface area contributed by atoms with E-state index in [0.717, 1.165) is 36.4 Å². The molecule has 0 saturated carbocycles. The Balaban J connectivity index is 2.57. The van der Waals surface area contributed by atoms with E-state index in [0.29, 0.717) is 0 Å². The summed E-state index contributed by atoms with van der Waals surface area (Å²) in [5.41, 5.74) is -1.15. The maximum absolute atomic E-state index is 12.3. The number of ketones is 1. The van der Waals surface area contributed by atoms with Crippen LogP contribution in [-0.4, -0.2) is 38.1 Å². The molecule has 0 aromatic heterocycles. The Bertz CT molecular complexity index is 727. The van der Waals surface area contributed by atoms with Crippen LogP contribution in [0.3, 0.4) is 0 Å². The van der Waals surface area contributed by atoms with Crippen molar-refractivity contribution in [3.8, 4) is 11.5 Å². The lowest BCUT2D eigenvalue weighted by atomic mass is 9.98. The van der Waals surface area contributed by atoms with Crippen molar-refractivity contribution in [1.82, 2.24) is 0 Å². The average Bonchev–Trinajstić information content (AvgIpc) is 2.47. The molecular formula is C15H10O7. The smallest absolute Gasteiger partial charge is 0.335 e. The highest BCUT2D eigenvalue weighted by Gasteiger charge is 2.20. The minimum absolute atomic E-state index is 0.227. The van der Waals surface area contributed by atoms with E-state index >= 15 is 0 Å². The summed E-state index contributed by atoms with van der Waals surface area (Å²) in [6, 6.07) is 6.20. The molecule has 2 aromatic carbocycles. The molecule has 22 heavy (non-hydrogen) atoms. The fourth-order valence-corrected chi connectivity index (χ4v) is 1.85. The van der Waals surface area contributed by atoms with Gasteiger partial charge in [-0.15, -0.1) is 0 Å². The van der Waals surface area contributed by atoms with Crippen molar-refractivity contribution in [2.75, 3.05) is 0 Å². The molecule has 0 fully saturated rings. The number of benzene rings is 2. The summed E-state index contributed by atoms with van der Waals surface area (Å²) in [5.74, 6) is -4.43. The van der Waals surface area contributed by atoms with Gasteiger partial charge in [-0.1, -0.05) is 0 Å². The first-order valence-corrected chi connectivity index (χ1v) is 5.98. The number of carbonyl (C=O) groups excluding carboxylic acids is 1. The molecule has 0 radical (unpaired) electrons. The van der Waals surface area contributed by atoms with Gasteiger partial charge in [-0.25, -0.2) is 9.59 Å². The van der Waals surface area contributed by atoms with Gasteiger partial charge in [0.25, 0.3) is 0 Å². The van der Waals surface area contributed by atoms with Gasteiger partial charge in [0.1, 0.15) is 11.5 Å². The van der Waals surface area contributed by atoms with E-state index in [2.05, 4.69) is 0 Å². The fraction of sp³-hybridized carbons (Fsp3) is 0. The Hall–Kier alpha value is -3.35. The first kappa shape index (κ1) is 15.0. The minimum atomic E-state index is -1.29. The van der Waals surface area contributed by atoms with Crippen LogP contribution in [0, 0.1) is 0 Å². The summed E-state index contributed by atoms with van der Waals surface area (Å²) < 4.78 is 0. The summed E-state index contributed by atoms with van der Waals surface area (Å²) in [4.78, 5) is 34.2. The highest BCUT2D eigenvalue weighted by molar-refractivity contribution is 6.13. The van der Waals surface area contributed by atoms with E-state index in [9.17, 15) is 24.6 Å². The number of carboxylic acid groups (broad SMARTS) is 2. The zero-order valence-corrected chi connectivity index (χ0v) is 11.0. The number of aromatic hydroxyl groups is 2. The van der Waals surface area contributed by atoms with Crippen molar-refractivity contribution in [2.45, 2.75) is 0 Å². The van der Waals surface area contributed by atoms with Crippen LogP contribution in [0.4, 0.5) is 0 Å². The van der Waals surface area contributed by atoms with Gasteiger partial charge in [0.05, 0.1) is 22.3 Å². The second-order valence-corrected chi connectivity index (χ2v) is 4.40. The van der Waals surface area contributed by atoms with Crippen LogP contribution in [0.1, 0.15) is 36.6 Å². The molecule has 0 heterocycles. The molecule has 4 N–H and O–H groups in total. The molecule has 7 nitrogen and oxygen atoms in total. The van der Waals surface area contributed by atoms with Gasteiger partial charge >= 0.3 is 11.9 Å². The van der Waals surface area contributed by atoms with E-state index in [4.69, 9.17) is 10.2 Å².